The van der Waals surface area contributed by atoms with Crippen LogP contribution < -0.4 is 11.1 Å². The molecule has 12 nitrogen and oxygen atoms in total. The van der Waals surface area contributed by atoms with Gasteiger partial charge in [-0.15, -0.1) is 23.1 Å². The number of fused-ring (bicyclic) bond motifs is 1. The van der Waals surface area contributed by atoms with Gasteiger partial charge in [0.15, 0.2) is 10.8 Å². The third-order valence-corrected chi connectivity index (χ3v) is 6.07. The number of oxime groups is 1. The Hall–Kier alpha value is -3.13. The summed E-state index contributed by atoms with van der Waals surface area (Å²) in [6.45, 7) is 2.49. The van der Waals surface area contributed by atoms with Crippen molar-refractivity contribution < 1.29 is 34.2 Å². The van der Waals surface area contributed by atoms with Crippen molar-refractivity contribution in [2.24, 2.45) is 5.16 Å². The summed E-state index contributed by atoms with van der Waals surface area (Å²) in [4.78, 5) is 57.8. The van der Waals surface area contributed by atoms with Crippen LogP contribution in [-0.4, -0.2) is 72.3 Å². The highest BCUT2D eigenvalue weighted by atomic mass is 32.2. The average molecular weight is 455 g/mol. The number of carboxylic acid groups (broad SMARTS) is 2. The number of carbonyl (C=O) groups excluding carboxylic acids is 2. The van der Waals surface area contributed by atoms with E-state index in [-0.39, 0.29) is 22.2 Å². The van der Waals surface area contributed by atoms with Crippen molar-refractivity contribution >= 4 is 57.7 Å². The molecule has 3 heterocycles. The number of rotatable bonds is 7. The molecule has 1 aromatic rings. The maximum atomic E-state index is 12.8. The third-order valence-electron chi connectivity index (χ3n) is 4.21. The first-order valence-electron chi connectivity index (χ1n) is 8.43. The summed E-state index contributed by atoms with van der Waals surface area (Å²) in [5.41, 5.74) is 3.42. The van der Waals surface area contributed by atoms with Crippen molar-refractivity contribution in [2.45, 2.75) is 30.9 Å². The molecule has 30 heavy (non-hydrogen) atoms. The molecule has 0 radical (unpaired) electrons. The molecule has 1 fully saturated rings. The first kappa shape index (κ1) is 21.6. The minimum Gasteiger partial charge on any atom is -0.478 e. The number of thiazole rings is 1. The van der Waals surface area contributed by atoms with E-state index in [1.54, 1.807) is 0 Å². The molecule has 0 bridgehead atoms. The molecule has 3 rings (SSSR count). The van der Waals surface area contributed by atoms with Crippen LogP contribution in [0.4, 0.5) is 5.13 Å². The van der Waals surface area contributed by atoms with Gasteiger partial charge in [0.05, 0.1) is 0 Å². The lowest BCUT2D eigenvalue weighted by Crippen LogP contribution is -2.70. The molecule has 2 amide bonds. The van der Waals surface area contributed by atoms with Crippen molar-refractivity contribution in [1.29, 1.82) is 0 Å². The van der Waals surface area contributed by atoms with Crippen LogP contribution in [0.1, 0.15) is 19.5 Å². The number of hydrogen-bond donors (Lipinski definition) is 4. The Bertz CT molecular complexity index is 986. The minimum atomic E-state index is -1.73. The summed E-state index contributed by atoms with van der Waals surface area (Å²) in [5, 5.41) is 25.5. The lowest BCUT2D eigenvalue weighted by Gasteiger charge is -2.48. The first-order chi connectivity index (χ1) is 14.0. The van der Waals surface area contributed by atoms with Crippen LogP contribution in [0.5, 0.6) is 0 Å². The van der Waals surface area contributed by atoms with Gasteiger partial charge in [0.25, 0.3) is 11.8 Å². The number of hydrogen-bond acceptors (Lipinski definition) is 10. The predicted octanol–water partition coefficient (Wildman–Crippen LogP) is -0.322. The highest BCUT2D eigenvalue weighted by Crippen LogP contribution is 2.37. The SMILES string of the molecule is CC(C)(ON=C(C(=O)NC1C(=O)N2C(C(=O)O)=CCS[C@@H]12)c1csc(N)n1)C(=O)O. The summed E-state index contributed by atoms with van der Waals surface area (Å²) in [7, 11) is 0. The summed E-state index contributed by atoms with van der Waals surface area (Å²) < 4.78 is 0. The maximum Gasteiger partial charge on any atom is 0.352 e. The zero-order chi connectivity index (χ0) is 22.2. The van der Waals surface area contributed by atoms with Gasteiger partial charge in [0.2, 0.25) is 5.60 Å². The Morgan fingerprint density at radius 3 is 2.67 bits per heavy atom. The number of anilines is 1. The largest absolute Gasteiger partial charge is 0.478 e. The van der Waals surface area contributed by atoms with Gasteiger partial charge in [0.1, 0.15) is 22.8 Å². The second-order valence-corrected chi connectivity index (χ2v) is 8.73. The molecule has 2 aliphatic heterocycles. The minimum absolute atomic E-state index is 0.0437. The highest BCUT2D eigenvalue weighted by molar-refractivity contribution is 8.00. The Labute approximate surface area is 177 Å². The van der Waals surface area contributed by atoms with Gasteiger partial charge in [-0.05, 0) is 19.9 Å². The molecule has 2 atom stereocenters. The number of amides is 2. The van der Waals surface area contributed by atoms with E-state index in [1.807, 2.05) is 0 Å². The van der Waals surface area contributed by atoms with Crippen LogP contribution >= 0.6 is 23.1 Å². The molecular weight excluding hydrogens is 438 g/mol. The molecule has 1 saturated heterocycles. The van der Waals surface area contributed by atoms with Gasteiger partial charge in [-0.1, -0.05) is 5.16 Å². The van der Waals surface area contributed by atoms with Crippen LogP contribution in [-0.2, 0) is 24.0 Å². The molecule has 0 spiro atoms. The summed E-state index contributed by atoms with van der Waals surface area (Å²) >= 11 is 2.32. The summed E-state index contributed by atoms with van der Waals surface area (Å²) in [6.07, 6.45) is 1.42. The van der Waals surface area contributed by atoms with E-state index in [0.717, 1.165) is 16.2 Å². The van der Waals surface area contributed by atoms with Gasteiger partial charge < -0.3 is 26.1 Å². The fraction of sp³-hybridized carbons (Fsp3) is 0.375. The molecule has 1 aromatic heterocycles. The molecule has 14 heteroatoms. The predicted molar refractivity (Wildman–Crippen MR) is 107 cm³/mol. The maximum absolute atomic E-state index is 12.8. The first-order valence-corrected chi connectivity index (χ1v) is 10.4. The van der Waals surface area contributed by atoms with E-state index in [1.165, 1.54) is 37.1 Å². The molecule has 1 unspecified atom stereocenters. The molecule has 0 aromatic carbocycles. The number of nitrogens with one attached hydrogen (secondary N) is 1. The van der Waals surface area contributed by atoms with Gasteiger partial charge in [-0.3, -0.25) is 14.5 Å². The van der Waals surface area contributed by atoms with Crippen molar-refractivity contribution in [3.8, 4) is 0 Å². The Kier molecular flexibility index (Phi) is 5.72. The second kappa shape index (κ2) is 7.95. The standard InChI is InChI=1S/C16H17N5O7S2/c1-16(2,14(26)27)28-20-8(6-5-30-15(17)18-6)10(22)19-9-11(23)21-7(13(24)25)3-4-29-12(9)21/h3,5,9,12H,4H2,1-2H3,(H2,17,18)(H,19,22)(H,24,25)(H,26,27)/t9?,12-/m0/s1. The summed E-state index contributed by atoms with van der Waals surface area (Å²) in [6, 6.07) is -0.987. The van der Waals surface area contributed by atoms with Gasteiger partial charge in [-0.25, -0.2) is 14.6 Å². The molecular formula is C16H17N5O7S2. The molecule has 2 aliphatic rings. The Morgan fingerprint density at radius 2 is 2.10 bits per heavy atom. The number of nitrogen functional groups attached to an aromatic ring is 1. The Balaban J connectivity index is 1.81. The number of β-lactam (4-membered cyclic amide) rings is 1. The number of nitrogens with zero attached hydrogens (tertiary/aromatic N) is 3. The number of aliphatic carboxylic acids is 2. The van der Waals surface area contributed by atoms with Crippen molar-refractivity contribution in [3.63, 3.8) is 0 Å². The number of nitrogens with two attached hydrogens (primary N) is 1. The zero-order valence-electron chi connectivity index (χ0n) is 15.7. The molecule has 5 N–H and O–H groups in total. The number of carboxylic acids is 2. The fourth-order valence-corrected chi connectivity index (χ4v) is 4.29. The topological polar surface area (TPSA) is 185 Å². The molecule has 0 saturated carbocycles. The van der Waals surface area contributed by atoms with E-state index in [2.05, 4.69) is 15.5 Å². The van der Waals surface area contributed by atoms with Crippen LogP contribution in [0.25, 0.3) is 0 Å². The lowest BCUT2D eigenvalue weighted by molar-refractivity contribution is -0.161. The molecule has 160 valence electrons. The smallest absolute Gasteiger partial charge is 0.352 e. The van der Waals surface area contributed by atoms with E-state index in [4.69, 9.17) is 15.7 Å². The van der Waals surface area contributed by atoms with E-state index in [9.17, 15) is 24.3 Å². The number of carbonyl (C=O) groups is 4. The zero-order valence-corrected chi connectivity index (χ0v) is 17.3. The van der Waals surface area contributed by atoms with Crippen molar-refractivity contribution in [1.82, 2.24) is 15.2 Å². The van der Waals surface area contributed by atoms with Crippen LogP contribution in [0, 0.1) is 0 Å². The van der Waals surface area contributed by atoms with Gasteiger partial charge in [0, 0.05) is 11.1 Å². The van der Waals surface area contributed by atoms with Crippen molar-refractivity contribution in [2.75, 3.05) is 11.5 Å². The van der Waals surface area contributed by atoms with Gasteiger partial charge >= 0.3 is 11.9 Å². The summed E-state index contributed by atoms with van der Waals surface area (Å²) in [5.74, 6) is -3.60. The Morgan fingerprint density at radius 1 is 1.40 bits per heavy atom. The van der Waals surface area contributed by atoms with E-state index < -0.39 is 40.8 Å². The third kappa shape index (κ3) is 3.95. The van der Waals surface area contributed by atoms with Crippen LogP contribution in [0.15, 0.2) is 22.3 Å². The molecule has 0 aliphatic carbocycles. The van der Waals surface area contributed by atoms with Crippen molar-refractivity contribution in [3.05, 3.63) is 22.8 Å². The fourth-order valence-electron chi connectivity index (χ4n) is 2.55. The van der Waals surface area contributed by atoms with E-state index in [0.29, 0.717) is 5.75 Å². The highest BCUT2D eigenvalue weighted by Gasteiger charge is 2.53. The average Bonchev–Trinajstić information content (AvgIpc) is 3.11. The normalized spacial score (nSPS) is 21.3. The lowest BCUT2D eigenvalue weighted by atomic mass is 10.0. The van der Waals surface area contributed by atoms with Crippen LogP contribution in [0.3, 0.4) is 0 Å². The number of thioether (sulfide) groups is 1. The van der Waals surface area contributed by atoms with Crippen LogP contribution in [0.2, 0.25) is 0 Å². The quantitative estimate of drug-likeness (QED) is 0.241. The number of aromatic nitrogens is 1. The second-order valence-electron chi connectivity index (χ2n) is 6.70. The monoisotopic (exact) mass is 455 g/mol. The van der Waals surface area contributed by atoms with Gasteiger partial charge in [-0.2, -0.15) is 0 Å². The van der Waals surface area contributed by atoms with E-state index >= 15 is 0 Å².